The van der Waals surface area contributed by atoms with Crippen molar-refractivity contribution in [1.29, 1.82) is 0 Å². The highest BCUT2D eigenvalue weighted by Crippen LogP contribution is 2.44. The number of hydrogen-bond acceptors (Lipinski definition) is 8. The Kier molecular flexibility index (Phi) is 11.9. The van der Waals surface area contributed by atoms with E-state index in [0.717, 1.165) is 0 Å². The lowest BCUT2D eigenvalue weighted by Crippen LogP contribution is -2.64. The standard InChI is InChI=1S/C45H62N2O8/c1-15-35(48)46-41(7,8)23-33(24-42(46,9)10)54-39(52)45(21-31-17-27(3)37(50)28(4)18-31,22-32-19-29(5)38(51)30(6)20-32)40(53)55-34-25-43(11,12)47(36(49)16-2)44(13,14)26-34/h15-20,33-34,50-51H,1-2,21-26H2,3-14H3. The molecule has 300 valence electrons. The van der Waals surface area contributed by atoms with Gasteiger partial charge in [-0.15, -0.1) is 0 Å². The van der Waals surface area contributed by atoms with Crippen LogP contribution in [-0.2, 0) is 41.5 Å². The highest BCUT2D eigenvalue weighted by atomic mass is 16.6. The van der Waals surface area contributed by atoms with E-state index in [1.807, 2.05) is 55.4 Å². The SMILES string of the molecule is C=CC(=O)N1C(C)(C)CC(OC(=O)C(Cc2cc(C)c(O)c(C)c2)(Cc2cc(C)c(O)c(C)c2)C(=O)OC2CC(C)(C)N(C(=O)C=C)C(C)(C)C2)CC1(C)C. The topological polar surface area (TPSA) is 134 Å². The fourth-order valence-corrected chi connectivity index (χ4v) is 9.87. The van der Waals surface area contributed by atoms with Gasteiger partial charge in [0.15, 0.2) is 5.41 Å². The predicted octanol–water partition coefficient (Wildman–Crippen LogP) is 7.66. The summed E-state index contributed by atoms with van der Waals surface area (Å²) >= 11 is 0. The maximum absolute atomic E-state index is 15.2. The summed E-state index contributed by atoms with van der Waals surface area (Å²) in [5.74, 6) is -1.72. The van der Waals surface area contributed by atoms with Crippen molar-refractivity contribution in [2.75, 3.05) is 0 Å². The lowest BCUT2D eigenvalue weighted by atomic mass is 9.74. The maximum Gasteiger partial charge on any atom is 0.324 e. The zero-order valence-electron chi connectivity index (χ0n) is 35.0. The van der Waals surface area contributed by atoms with Crippen molar-refractivity contribution < 1.29 is 38.9 Å². The normalized spacial score (nSPS) is 19.3. The molecule has 55 heavy (non-hydrogen) atoms. The fraction of sp³-hybridized carbons (Fsp3) is 0.556. The van der Waals surface area contributed by atoms with E-state index in [2.05, 4.69) is 13.2 Å². The molecule has 0 bridgehead atoms. The summed E-state index contributed by atoms with van der Waals surface area (Å²) < 4.78 is 13.0. The minimum atomic E-state index is -1.92. The number of phenolic OH excluding ortho intramolecular Hbond substituents is 2. The minimum Gasteiger partial charge on any atom is -0.507 e. The van der Waals surface area contributed by atoms with Gasteiger partial charge in [-0.1, -0.05) is 37.4 Å². The molecule has 0 aromatic heterocycles. The number of likely N-dealkylation sites (tertiary alicyclic amines) is 2. The molecular weight excluding hydrogens is 697 g/mol. The van der Waals surface area contributed by atoms with Gasteiger partial charge in [-0.05, 0) is 141 Å². The van der Waals surface area contributed by atoms with E-state index in [0.29, 0.717) is 59.1 Å². The fourth-order valence-electron chi connectivity index (χ4n) is 9.87. The monoisotopic (exact) mass is 758 g/mol. The number of rotatable bonds is 10. The number of phenols is 2. The van der Waals surface area contributed by atoms with Crippen LogP contribution < -0.4 is 0 Å². The van der Waals surface area contributed by atoms with Gasteiger partial charge in [-0.3, -0.25) is 19.2 Å². The third kappa shape index (κ3) is 8.63. The van der Waals surface area contributed by atoms with Crippen molar-refractivity contribution in [1.82, 2.24) is 9.80 Å². The first kappa shape index (κ1) is 43.1. The lowest BCUT2D eigenvalue weighted by molar-refractivity contribution is -0.188. The molecule has 0 atom stereocenters. The van der Waals surface area contributed by atoms with Crippen molar-refractivity contribution in [3.8, 4) is 11.5 Å². The molecule has 2 fully saturated rings. The van der Waals surface area contributed by atoms with E-state index in [4.69, 9.17) is 9.47 Å². The average Bonchev–Trinajstić information content (AvgIpc) is 3.02. The van der Waals surface area contributed by atoms with E-state index >= 15 is 9.59 Å². The van der Waals surface area contributed by atoms with Gasteiger partial charge < -0.3 is 29.5 Å². The molecule has 0 spiro atoms. The van der Waals surface area contributed by atoms with Crippen LogP contribution in [0.5, 0.6) is 11.5 Å². The van der Waals surface area contributed by atoms with Crippen LogP contribution in [0.4, 0.5) is 0 Å². The number of hydrogen-bond donors (Lipinski definition) is 2. The quantitative estimate of drug-likeness (QED) is 0.143. The largest absolute Gasteiger partial charge is 0.507 e. The Morgan fingerprint density at radius 2 is 0.873 bits per heavy atom. The van der Waals surface area contributed by atoms with Gasteiger partial charge in [-0.2, -0.15) is 0 Å². The third-order valence-corrected chi connectivity index (χ3v) is 11.6. The summed E-state index contributed by atoms with van der Waals surface area (Å²) in [5, 5.41) is 21.4. The van der Waals surface area contributed by atoms with Crippen molar-refractivity contribution >= 4 is 23.8 Å². The van der Waals surface area contributed by atoms with Gasteiger partial charge in [0, 0.05) is 47.8 Å². The zero-order chi connectivity index (χ0) is 41.6. The van der Waals surface area contributed by atoms with E-state index in [-0.39, 0.29) is 36.2 Å². The van der Waals surface area contributed by atoms with Crippen LogP contribution in [0.25, 0.3) is 0 Å². The first-order valence-electron chi connectivity index (χ1n) is 19.1. The van der Waals surface area contributed by atoms with Crippen LogP contribution in [0.3, 0.4) is 0 Å². The Morgan fingerprint density at radius 3 is 1.11 bits per heavy atom. The van der Waals surface area contributed by atoms with Crippen LogP contribution in [0.1, 0.15) is 114 Å². The van der Waals surface area contributed by atoms with E-state index in [9.17, 15) is 19.8 Å². The van der Waals surface area contributed by atoms with Crippen LogP contribution >= 0.6 is 0 Å². The Morgan fingerprint density at radius 1 is 0.618 bits per heavy atom. The second-order valence-corrected chi connectivity index (χ2v) is 18.5. The Labute approximate surface area is 327 Å². The molecule has 2 aromatic rings. The summed E-state index contributed by atoms with van der Waals surface area (Å²) in [6.45, 7) is 29.9. The molecule has 10 heteroatoms. The molecular formula is C45H62N2O8. The van der Waals surface area contributed by atoms with Crippen molar-refractivity contribution in [3.05, 3.63) is 83.0 Å². The highest BCUT2D eigenvalue weighted by Gasteiger charge is 2.55. The number of benzene rings is 2. The van der Waals surface area contributed by atoms with E-state index in [1.54, 1.807) is 61.8 Å². The van der Waals surface area contributed by atoms with Gasteiger partial charge in [0.2, 0.25) is 11.8 Å². The number of carbonyl (C=O) groups excluding carboxylic acids is 4. The van der Waals surface area contributed by atoms with E-state index < -0.39 is 51.7 Å². The molecule has 0 saturated carbocycles. The molecule has 2 aliphatic rings. The number of ether oxygens (including phenoxy) is 2. The molecule has 2 N–H and O–H groups in total. The molecule has 2 amide bonds. The summed E-state index contributed by atoms with van der Waals surface area (Å²) in [4.78, 5) is 60.2. The number of nitrogens with zero attached hydrogens (tertiary/aromatic N) is 2. The molecule has 10 nitrogen and oxygen atoms in total. The summed E-state index contributed by atoms with van der Waals surface area (Å²) in [5.41, 5.74) is -1.16. The molecule has 0 aliphatic carbocycles. The lowest BCUT2D eigenvalue weighted by Gasteiger charge is -2.55. The zero-order valence-corrected chi connectivity index (χ0v) is 35.0. The maximum atomic E-state index is 15.2. The second-order valence-electron chi connectivity index (χ2n) is 18.5. The van der Waals surface area contributed by atoms with Crippen LogP contribution in [0, 0.1) is 33.1 Å². The number of amides is 2. The molecule has 2 aliphatic heterocycles. The number of aromatic hydroxyl groups is 2. The van der Waals surface area contributed by atoms with Crippen LogP contribution in [0.15, 0.2) is 49.6 Å². The molecule has 0 unspecified atom stereocenters. The van der Waals surface area contributed by atoms with Gasteiger partial charge in [0.25, 0.3) is 0 Å². The van der Waals surface area contributed by atoms with Gasteiger partial charge >= 0.3 is 11.9 Å². The van der Waals surface area contributed by atoms with Crippen LogP contribution in [0.2, 0.25) is 0 Å². The van der Waals surface area contributed by atoms with E-state index in [1.165, 1.54) is 12.2 Å². The Bertz CT molecular complexity index is 1670. The smallest absolute Gasteiger partial charge is 0.324 e. The van der Waals surface area contributed by atoms with Crippen molar-refractivity contribution in [3.63, 3.8) is 0 Å². The average molecular weight is 759 g/mol. The van der Waals surface area contributed by atoms with Gasteiger partial charge in [-0.25, -0.2) is 0 Å². The molecule has 0 radical (unpaired) electrons. The Balaban J connectivity index is 1.88. The number of carbonyl (C=O) groups is 4. The first-order chi connectivity index (χ1) is 25.2. The molecule has 2 heterocycles. The number of piperidine rings is 2. The predicted molar refractivity (Wildman–Crippen MR) is 214 cm³/mol. The molecule has 2 saturated heterocycles. The summed E-state index contributed by atoms with van der Waals surface area (Å²) in [7, 11) is 0. The summed E-state index contributed by atoms with van der Waals surface area (Å²) in [6.07, 6.45) is 2.34. The van der Waals surface area contributed by atoms with Gasteiger partial charge in [0.05, 0.1) is 0 Å². The highest BCUT2D eigenvalue weighted by molar-refractivity contribution is 6.01. The minimum absolute atomic E-state index is 0.104. The van der Waals surface area contributed by atoms with Gasteiger partial charge in [0.1, 0.15) is 23.7 Å². The molecule has 2 aromatic carbocycles. The number of esters is 2. The third-order valence-electron chi connectivity index (χ3n) is 11.6. The second kappa shape index (κ2) is 15.1. The Hall–Kier alpha value is -4.60. The van der Waals surface area contributed by atoms with Crippen molar-refractivity contribution in [2.24, 2.45) is 5.41 Å². The molecule has 4 rings (SSSR count). The first-order valence-corrected chi connectivity index (χ1v) is 19.1. The van der Waals surface area contributed by atoms with Crippen LogP contribution in [-0.4, -0.2) is 78.1 Å². The summed E-state index contributed by atoms with van der Waals surface area (Å²) in [6, 6.07) is 7.06. The number of aryl methyl sites for hydroxylation is 4. The van der Waals surface area contributed by atoms with Crippen molar-refractivity contribution in [2.45, 2.75) is 156 Å².